The molecule has 1 rings (SSSR count). The summed E-state index contributed by atoms with van der Waals surface area (Å²) in [5.74, 6) is 0.663. The van der Waals surface area contributed by atoms with Crippen molar-refractivity contribution in [1.29, 1.82) is 0 Å². The molecule has 0 bridgehead atoms. The quantitative estimate of drug-likeness (QED) is 0.597. The first-order chi connectivity index (χ1) is 6.15. The normalized spacial score (nSPS) is 24.8. The fourth-order valence-corrected chi connectivity index (χ4v) is 1.98. The maximum Gasteiger partial charge on any atom is 0.0349 e. The lowest BCUT2D eigenvalue weighted by molar-refractivity contribution is 0.382. The van der Waals surface area contributed by atoms with Crippen molar-refractivity contribution in [3.05, 3.63) is 23.4 Å². The summed E-state index contributed by atoms with van der Waals surface area (Å²) in [6, 6.07) is 0. The molecule has 0 unspecified atom stereocenters. The first-order valence-corrected chi connectivity index (χ1v) is 5.23. The van der Waals surface area contributed by atoms with Crippen molar-refractivity contribution >= 4 is 0 Å². The van der Waals surface area contributed by atoms with Crippen molar-refractivity contribution in [2.24, 2.45) is 5.92 Å². The summed E-state index contributed by atoms with van der Waals surface area (Å²) in [6.07, 6.45) is 7.17. The average molecular weight is 179 g/mol. The number of rotatable bonds is 1. The van der Waals surface area contributed by atoms with Gasteiger partial charge in [-0.25, -0.2) is 0 Å². The van der Waals surface area contributed by atoms with Crippen molar-refractivity contribution in [1.82, 2.24) is 4.90 Å². The summed E-state index contributed by atoms with van der Waals surface area (Å²) in [5.41, 5.74) is 2.96. The molecule has 0 N–H and O–H groups in total. The van der Waals surface area contributed by atoms with Crippen LogP contribution in [-0.2, 0) is 0 Å². The van der Waals surface area contributed by atoms with E-state index in [9.17, 15) is 0 Å². The molecule has 13 heavy (non-hydrogen) atoms. The summed E-state index contributed by atoms with van der Waals surface area (Å²) in [4.78, 5) is 2.36. The van der Waals surface area contributed by atoms with Crippen molar-refractivity contribution in [2.75, 3.05) is 13.6 Å². The first kappa shape index (κ1) is 10.4. The maximum absolute atomic E-state index is 2.39. The monoisotopic (exact) mass is 179 g/mol. The van der Waals surface area contributed by atoms with E-state index in [0.717, 1.165) is 0 Å². The van der Waals surface area contributed by atoms with E-state index in [0.29, 0.717) is 5.92 Å². The summed E-state index contributed by atoms with van der Waals surface area (Å²) in [6.45, 7) is 7.82. The molecule has 1 fully saturated rings. The molecule has 0 aromatic carbocycles. The van der Waals surface area contributed by atoms with Crippen LogP contribution in [0.4, 0.5) is 0 Å². The lowest BCUT2D eigenvalue weighted by Crippen LogP contribution is -2.25. The van der Waals surface area contributed by atoms with E-state index in [1.165, 1.54) is 30.7 Å². The number of likely N-dealkylation sites (N-methyl/N-ethyl adjacent to an activating group) is 1. The van der Waals surface area contributed by atoms with Crippen molar-refractivity contribution < 1.29 is 0 Å². The minimum Gasteiger partial charge on any atom is -0.375 e. The maximum atomic E-state index is 2.39. The highest BCUT2D eigenvalue weighted by Gasteiger charge is 2.15. The second-order valence-electron chi connectivity index (χ2n) is 4.13. The van der Waals surface area contributed by atoms with Crippen LogP contribution in [0, 0.1) is 5.92 Å². The zero-order chi connectivity index (χ0) is 9.84. The van der Waals surface area contributed by atoms with E-state index >= 15 is 0 Å². The summed E-state index contributed by atoms with van der Waals surface area (Å²) >= 11 is 0. The van der Waals surface area contributed by atoms with Crippen LogP contribution in [0.2, 0.25) is 0 Å². The minimum atomic E-state index is 0.663. The summed E-state index contributed by atoms with van der Waals surface area (Å²) in [5, 5.41) is 0. The van der Waals surface area contributed by atoms with Crippen LogP contribution in [0.1, 0.15) is 33.6 Å². The Bertz CT molecular complexity index is 223. The van der Waals surface area contributed by atoms with Crippen molar-refractivity contribution in [2.45, 2.75) is 33.6 Å². The highest BCUT2D eigenvalue weighted by atomic mass is 15.1. The number of piperidine rings is 1. The van der Waals surface area contributed by atoms with Gasteiger partial charge in [0.15, 0.2) is 0 Å². The van der Waals surface area contributed by atoms with Crippen LogP contribution in [0.5, 0.6) is 0 Å². The van der Waals surface area contributed by atoms with Gasteiger partial charge in [-0.3, -0.25) is 0 Å². The Labute approximate surface area is 82.1 Å². The van der Waals surface area contributed by atoms with Gasteiger partial charge in [0.05, 0.1) is 0 Å². The molecule has 1 heteroatoms. The Morgan fingerprint density at radius 1 is 1.38 bits per heavy atom. The molecule has 1 aliphatic heterocycles. The van der Waals surface area contributed by atoms with Gasteiger partial charge in [-0.15, -0.1) is 0 Å². The van der Waals surface area contributed by atoms with E-state index in [1.54, 1.807) is 0 Å². The molecule has 1 nitrogen and oxygen atoms in total. The number of hydrogen-bond acceptors (Lipinski definition) is 1. The molecular formula is C12H21N. The molecule has 0 saturated carbocycles. The molecule has 1 aliphatic rings. The Hall–Kier alpha value is -0.720. The van der Waals surface area contributed by atoms with Gasteiger partial charge in [0.25, 0.3) is 0 Å². The van der Waals surface area contributed by atoms with Crippen LogP contribution in [0.15, 0.2) is 23.4 Å². The lowest BCUT2D eigenvalue weighted by atomic mass is 9.97. The first-order valence-electron chi connectivity index (χ1n) is 5.23. The Morgan fingerprint density at radius 2 is 2.08 bits per heavy atom. The van der Waals surface area contributed by atoms with E-state index in [4.69, 9.17) is 0 Å². The summed E-state index contributed by atoms with van der Waals surface area (Å²) < 4.78 is 0. The van der Waals surface area contributed by atoms with Crippen LogP contribution in [0.25, 0.3) is 0 Å². The standard InChI is InChI=1S/C12H21N/c1-5-12-11(9-10(2)3)7-6-8-13(12)4/h5,9-10H,6-8H2,1-4H3/b11-9-,12-5?. The predicted octanol–water partition coefficient (Wildman–Crippen LogP) is 3.20. The number of allylic oxidation sites excluding steroid dienone is 3. The highest BCUT2D eigenvalue weighted by Crippen LogP contribution is 2.25. The second kappa shape index (κ2) is 4.50. The molecule has 0 amide bonds. The molecule has 1 saturated heterocycles. The Morgan fingerprint density at radius 3 is 2.62 bits per heavy atom. The third kappa shape index (κ3) is 2.61. The third-order valence-electron chi connectivity index (χ3n) is 2.49. The lowest BCUT2D eigenvalue weighted by Gasteiger charge is -2.30. The fourth-order valence-electron chi connectivity index (χ4n) is 1.98. The van der Waals surface area contributed by atoms with Gasteiger partial charge in [-0.05, 0) is 31.3 Å². The number of nitrogens with zero attached hydrogens (tertiary/aromatic N) is 1. The number of likely N-dealkylation sites (tertiary alicyclic amines) is 1. The van der Waals surface area contributed by atoms with Gasteiger partial charge in [0, 0.05) is 19.3 Å². The summed E-state index contributed by atoms with van der Waals surface area (Å²) in [7, 11) is 2.18. The molecule has 0 aromatic heterocycles. The molecule has 0 radical (unpaired) electrons. The molecule has 1 heterocycles. The number of hydrogen-bond donors (Lipinski definition) is 0. The minimum absolute atomic E-state index is 0.663. The molecule has 0 atom stereocenters. The van der Waals surface area contributed by atoms with Crippen molar-refractivity contribution in [3.63, 3.8) is 0 Å². The van der Waals surface area contributed by atoms with E-state index < -0.39 is 0 Å². The Kier molecular flexibility index (Phi) is 3.58. The third-order valence-corrected chi connectivity index (χ3v) is 2.49. The van der Waals surface area contributed by atoms with Gasteiger partial charge in [-0.2, -0.15) is 0 Å². The largest absolute Gasteiger partial charge is 0.375 e. The van der Waals surface area contributed by atoms with Gasteiger partial charge in [-0.1, -0.05) is 26.0 Å². The molecule has 74 valence electrons. The van der Waals surface area contributed by atoms with Gasteiger partial charge in [0.2, 0.25) is 0 Å². The van der Waals surface area contributed by atoms with Crippen LogP contribution >= 0.6 is 0 Å². The smallest absolute Gasteiger partial charge is 0.0349 e. The average Bonchev–Trinajstić information content (AvgIpc) is 2.03. The molecule has 0 spiro atoms. The highest BCUT2D eigenvalue weighted by molar-refractivity contribution is 5.31. The zero-order valence-electron chi connectivity index (χ0n) is 9.30. The Balaban J connectivity index is 2.83. The van der Waals surface area contributed by atoms with Crippen LogP contribution in [0.3, 0.4) is 0 Å². The van der Waals surface area contributed by atoms with Gasteiger partial charge in [0.1, 0.15) is 0 Å². The SMILES string of the molecule is CC=C1/C(=C\C(C)C)CCCN1C. The topological polar surface area (TPSA) is 3.24 Å². The fraction of sp³-hybridized carbons (Fsp3) is 0.667. The van der Waals surface area contributed by atoms with Gasteiger partial charge < -0.3 is 4.90 Å². The molecule has 0 aliphatic carbocycles. The predicted molar refractivity (Wildman–Crippen MR) is 58.5 cm³/mol. The van der Waals surface area contributed by atoms with E-state index in [-0.39, 0.29) is 0 Å². The molecular weight excluding hydrogens is 158 g/mol. The van der Waals surface area contributed by atoms with Crippen molar-refractivity contribution in [3.8, 4) is 0 Å². The van der Waals surface area contributed by atoms with Gasteiger partial charge >= 0.3 is 0 Å². The second-order valence-corrected chi connectivity index (χ2v) is 4.13. The van der Waals surface area contributed by atoms with E-state index in [1.807, 2.05) is 0 Å². The van der Waals surface area contributed by atoms with Crippen LogP contribution < -0.4 is 0 Å². The van der Waals surface area contributed by atoms with Crippen LogP contribution in [-0.4, -0.2) is 18.5 Å². The zero-order valence-corrected chi connectivity index (χ0v) is 9.30. The molecule has 0 aromatic rings. The van der Waals surface area contributed by atoms with E-state index in [2.05, 4.69) is 44.9 Å².